The fraction of sp³-hybridized carbons (Fsp3) is 0.235. The van der Waals surface area contributed by atoms with E-state index in [1.807, 2.05) is 36.4 Å². The molecule has 0 spiro atoms. The molecule has 0 aliphatic rings. The minimum Gasteiger partial charge on any atom is -0.480 e. The van der Waals surface area contributed by atoms with Gasteiger partial charge in [-0.3, -0.25) is 19.9 Å². The highest BCUT2D eigenvalue weighted by Gasteiger charge is 2.20. The number of pyridine rings is 1. The molecular formula is C17H19N3O3. The van der Waals surface area contributed by atoms with E-state index in [-0.39, 0.29) is 12.3 Å². The van der Waals surface area contributed by atoms with Crippen LogP contribution in [0.1, 0.15) is 17.5 Å². The third-order valence-corrected chi connectivity index (χ3v) is 3.30. The third kappa shape index (κ3) is 5.88. The van der Waals surface area contributed by atoms with Crippen molar-refractivity contribution in [1.82, 2.24) is 15.6 Å². The number of aromatic nitrogens is 1. The summed E-state index contributed by atoms with van der Waals surface area (Å²) in [5, 5.41) is 14.8. The SMILES string of the molecule is O=C(CC(NCc1cccnc1)C(=O)O)NCc1ccccc1. The normalized spacial score (nSPS) is 11.7. The van der Waals surface area contributed by atoms with Gasteiger partial charge in [-0.25, -0.2) is 0 Å². The molecule has 0 aliphatic carbocycles. The summed E-state index contributed by atoms with van der Waals surface area (Å²) in [6.07, 6.45) is 3.18. The molecule has 2 rings (SSSR count). The Kier molecular flexibility index (Phi) is 6.26. The van der Waals surface area contributed by atoms with Crippen molar-refractivity contribution in [3.63, 3.8) is 0 Å². The lowest BCUT2D eigenvalue weighted by Crippen LogP contribution is -2.40. The first-order valence-corrected chi connectivity index (χ1v) is 7.31. The number of aliphatic carboxylic acids is 1. The summed E-state index contributed by atoms with van der Waals surface area (Å²) in [5.41, 5.74) is 1.83. The van der Waals surface area contributed by atoms with Crippen molar-refractivity contribution in [2.24, 2.45) is 0 Å². The molecule has 1 heterocycles. The van der Waals surface area contributed by atoms with Gasteiger partial charge in [-0.05, 0) is 17.2 Å². The monoisotopic (exact) mass is 313 g/mol. The van der Waals surface area contributed by atoms with E-state index in [4.69, 9.17) is 0 Å². The Morgan fingerprint density at radius 3 is 2.43 bits per heavy atom. The Balaban J connectivity index is 1.81. The second-order valence-corrected chi connectivity index (χ2v) is 5.10. The lowest BCUT2D eigenvalue weighted by atomic mass is 10.1. The summed E-state index contributed by atoms with van der Waals surface area (Å²) in [5.74, 6) is -1.36. The molecule has 120 valence electrons. The number of hydrogen-bond donors (Lipinski definition) is 3. The smallest absolute Gasteiger partial charge is 0.321 e. The Hall–Kier alpha value is -2.73. The molecule has 0 radical (unpaired) electrons. The number of hydrogen-bond acceptors (Lipinski definition) is 4. The van der Waals surface area contributed by atoms with Gasteiger partial charge in [-0.1, -0.05) is 36.4 Å². The Bertz CT molecular complexity index is 632. The van der Waals surface area contributed by atoms with Crippen LogP contribution in [-0.2, 0) is 22.7 Å². The van der Waals surface area contributed by atoms with E-state index < -0.39 is 12.0 Å². The van der Waals surface area contributed by atoms with Crippen molar-refractivity contribution in [3.05, 3.63) is 66.0 Å². The van der Waals surface area contributed by atoms with E-state index in [9.17, 15) is 14.7 Å². The average molecular weight is 313 g/mol. The lowest BCUT2D eigenvalue weighted by Gasteiger charge is -2.14. The van der Waals surface area contributed by atoms with Crippen LogP contribution in [0.5, 0.6) is 0 Å². The van der Waals surface area contributed by atoms with Crippen LogP contribution in [0.25, 0.3) is 0 Å². The maximum Gasteiger partial charge on any atom is 0.321 e. The minimum atomic E-state index is -1.05. The molecule has 6 nitrogen and oxygen atoms in total. The highest BCUT2D eigenvalue weighted by molar-refractivity contribution is 5.84. The van der Waals surface area contributed by atoms with E-state index in [0.717, 1.165) is 11.1 Å². The van der Waals surface area contributed by atoms with Crippen molar-refractivity contribution >= 4 is 11.9 Å². The van der Waals surface area contributed by atoms with E-state index in [1.165, 1.54) is 0 Å². The fourth-order valence-corrected chi connectivity index (χ4v) is 2.04. The Morgan fingerprint density at radius 2 is 1.78 bits per heavy atom. The van der Waals surface area contributed by atoms with Gasteiger partial charge in [0.15, 0.2) is 0 Å². The first kappa shape index (κ1) is 16.6. The van der Waals surface area contributed by atoms with Crippen molar-refractivity contribution in [1.29, 1.82) is 0 Å². The van der Waals surface area contributed by atoms with Gasteiger partial charge < -0.3 is 10.4 Å². The first-order valence-electron chi connectivity index (χ1n) is 7.31. The van der Waals surface area contributed by atoms with Crippen LogP contribution >= 0.6 is 0 Å². The van der Waals surface area contributed by atoms with Gasteiger partial charge in [0.05, 0.1) is 6.42 Å². The highest BCUT2D eigenvalue weighted by Crippen LogP contribution is 2.01. The maximum atomic E-state index is 11.9. The number of nitrogens with one attached hydrogen (secondary N) is 2. The zero-order chi connectivity index (χ0) is 16.5. The van der Waals surface area contributed by atoms with Crippen LogP contribution in [0, 0.1) is 0 Å². The predicted octanol–water partition coefficient (Wildman–Crippen LogP) is 1.33. The number of amides is 1. The number of nitrogens with zero attached hydrogens (tertiary/aromatic N) is 1. The number of carboxylic acids is 1. The molecule has 1 aromatic heterocycles. The van der Waals surface area contributed by atoms with E-state index in [2.05, 4.69) is 15.6 Å². The quantitative estimate of drug-likeness (QED) is 0.684. The van der Waals surface area contributed by atoms with Crippen LogP contribution in [-0.4, -0.2) is 28.0 Å². The molecule has 1 atom stereocenters. The molecule has 1 aromatic carbocycles. The third-order valence-electron chi connectivity index (χ3n) is 3.30. The Morgan fingerprint density at radius 1 is 1.04 bits per heavy atom. The molecule has 0 aliphatic heterocycles. The number of carboxylic acid groups (broad SMARTS) is 1. The van der Waals surface area contributed by atoms with Crippen LogP contribution in [0.2, 0.25) is 0 Å². The van der Waals surface area contributed by atoms with Crippen molar-refractivity contribution in [2.75, 3.05) is 0 Å². The largest absolute Gasteiger partial charge is 0.480 e. The zero-order valence-electron chi connectivity index (χ0n) is 12.6. The summed E-state index contributed by atoms with van der Waals surface area (Å²) in [4.78, 5) is 27.2. The van der Waals surface area contributed by atoms with Gasteiger partial charge in [0.2, 0.25) is 5.91 Å². The average Bonchev–Trinajstić information content (AvgIpc) is 2.58. The van der Waals surface area contributed by atoms with Crippen LogP contribution in [0.4, 0.5) is 0 Å². The fourth-order valence-electron chi connectivity index (χ4n) is 2.04. The predicted molar refractivity (Wildman–Crippen MR) is 85.4 cm³/mol. The first-order chi connectivity index (χ1) is 11.1. The van der Waals surface area contributed by atoms with Crippen molar-refractivity contribution < 1.29 is 14.7 Å². The van der Waals surface area contributed by atoms with Gasteiger partial charge in [0.25, 0.3) is 0 Å². The van der Waals surface area contributed by atoms with Crippen LogP contribution < -0.4 is 10.6 Å². The van der Waals surface area contributed by atoms with Crippen LogP contribution in [0.15, 0.2) is 54.9 Å². The van der Waals surface area contributed by atoms with Crippen LogP contribution in [0.3, 0.4) is 0 Å². The molecule has 1 unspecified atom stereocenters. The molecule has 0 bridgehead atoms. The Labute approximate surface area is 134 Å². The van der Waals surface area contributed by atoms with Gasteiger partial charge >= 0.3 is 5.97 Å². The second kappa shape index (κ2) is 8.65. The van der Waals surface area contributed by atoms with Gasteiger partial charge in [-0.15, -0.1) is 0 Å². The highest BCUT2D eigenvalue weighted by atomic mass is 16.4. The molecule has 2 aromatic rings. The van der Waals surface area contributed by atoms with E-state index in [0.29, 0.717) is 13.1 Å². The number of carbonyl (C=O) groups excluding carboxylic acids is 1. The summed E-state index contributed by atoms with van der Waals surface area (Å²) in [6, 6.07) is 12.1. The minimum absolute atomic E-state index is 0.123. The van der Waals surface area contributed by atoms with E-state index >= 15 is 0 Å². The number of carbonyl (C=O) groups is 2. The summed E-state index contributed by atoms with van der Waals surface area (Å²) >= 11 is 0. The second-order valence-electron chi connectivity index (χ2n) is 5.10. The molecular weight excluding hydrogens is 294 g/mol. The molecule has 23 heavy (non-hydrogen) atoms. The molecule has 1 amide bonds. The molecule has 3 N–H and O–H groups in total. The van der Waals surface area contributed by atoms with E-state index in [1.54, 1.807) is 18.5 Å². The summed E-state index contributed by atoms with van der Waals surface area (Å²) < 4.78 is 0. The number of benzene rings is 1. The molecule has 0 saturated heterocycles. The molecule has 6 heteroatoms. The standard InChI is InChI=1S/C17H19N3O3/c21-16(20-11-13-5-2-1-3-6-13)9-15(17(22)23)19-12-14-7-4-8-18-10-14/h1-8,10,15,19H,9,11-12H2,(H,20,21)(H,22,23). The van der Waals surface area contributed by atoms with Gasteiger partial charge in [-0.2, -0.15) is 0 Å². The van der Waals surface area contributed by atoms with Crippen molar-refractivity contribution in [3.8, 4) is 0 Å². The summed E-state index contributed by atoms with van der Waals surface area (Å²) in [6.45, 7) is 0.728. The zero-order valence-corrected chi connectivity index (χ0v) is 12.6. The lowest BCUT2D eigenvalue weighted by molar-refractivity contribution is -0.141. The molecule has 0 saturated carbocycles. The maximum absolute atomic E-state index is 11.9. The van der Waals surface area contributed by atoms with Gasteiger partial charge in [0.1, 0.15) is 6.04 Å². The summed E-state index contributed by atoms with van der Waals surface area (Å²) in [7, 11) is 0. The molecule has 0 fully saturated rings. The van der Waals surface area contributed by atoms with Gasteiger partial charge in [0, 0.05) is 25.5 Å². The number of rotatable bonds is 8. The van der Waals surface area contributed by atoms with Crippen molar-refractivity contribution in [2.45, 2.75) is 25.6 Å². The topological polar surface area (TPSA) is 91.3 Å².